The molecule has 2 heterocycles. The number of nitrogens with zero attached hydrogens (tertiary/aromatic N) is 1. The molecule has 2 N–H and O–H groups in total. The van der Waals surface area contributed by atoms with Crippen molar-refractivity contribution in [3.8, 4) is 5.69 Å². The Kier molecular flexibility index (Phi) is 4.54. The number of methoxy groups -OCH3 is 1. The smallest absolute Gasteiger partial charge is 0.328 e. The fraction of sp³-hybridized carbons (Fsp3) is 0.231. The van der Waals surface area contributed by atoms with Gasteiger partial charge in [0.2, 0.25) is 0 Å². The molecule has 0 aliphatic rings. The van der Waals surface area contributed by atoms with Crippen LogP contribution < -0.4 is 5.32 Å². The maximum absolute atomic E-state index is 12.2. The predicted molar refractivity (Wildman–Crippen MR) is 74.4 cm³/mol. The second-order valence-electron chi connectivity index (χ2n) is 4.04. The van der Waals surface area contributed by atoms with E-state index < -0.39 is 17.9 Å². The summed E-state index contributed by atoms with van der Waals surface area (Å²) in [6, 6.07) is 4.45. The number of amides is 1. The Hall–Kier alpha value is -2.12. The summed E-state index contributed by atoms with van der Waals surface area (Å²) < 4.78 is 6.59. The lowest BCUT2D eigenvalue weighted by molar-refractivity contribution is -0.140. The number of hydrogen-bond donors (Lipinski definition) is 2. The van der Waals surface area contributed by atoms with Crippen molar-refractivity contribution in [3.05, 3.63) is 40.8 Å². The minimum Gasteiger partial charge on any atom is -0.480 e. The highest BCUT2D eigenvalue weighted by Gasteiger charge is 2.23. The number of carbonyl (C=O) groups excluding carboxylic acids is 1. The quantitative estimate of drug-likeness (QED) is 0.843. The van der Waals surface area contributed by atoms with Gasteiger partial charge in [-0.25, -0.2) is 4.79 Å². The Morgan fingerprint density at radius 2 is 2.15 bits per heavy atom. The van der Waals surface area contributed by atoms with Crippen LogP contribution in [0.25, 0.3) is 5.69 Å². The van der Waals surface area contributed by atoms with Crippen LogP contribution in [0.3, 0.4) is 0 Å². The van der Waals surface area contributed by atoms with E-state index in [-0.39, 0.29) is 6.61 Å². The molecule has 0 aliphatic heterocycles. The lowest BCUT2D eigenvalue weighted by Gasteiger charge is -2.13. The number of aliphatic carboxylic acids is 1. The summed E-state index contributed by atoms with van der Waals surface area (Å²) in [7, 11) is 1.39. The lowest BCUT2D eigenvalue weighted by atomic mass is 10.3. The summed E-state index contributed by atoms with van der Waals surface area (Å²) >= 11 is 1.26. The maximum atomic E-state index is 12.2. The molecule has 1 atom stereocenters. The molecule has 2 aromatic heterocycles. The number of rotatable bonds is 6. The third-order valence-corrected chi connectivity index (χ3v) is 3.57. The Balaban J connectivity index is 2.18. The molecule has 1 amide bonds. The van der Waals surface area contributed by atoms with Gasteiger partial charge in [-0.15, -0.1) is 11.3 Å². The molecule has 20 heavy (non-hydrogen) atoms. The summed E-state index contributed by atoms with van der Waals surface area (Å²) in [5.41, 5.74) is 0.721. The molecule has 1 unspecified atom stereocenters. The van der Waals surface area contributed by atoms with Gasteiger partial charge < -0.3 is 19.7 Å². The van der Waals surface area contributed by atoms with Gasteiger partial charge in [0.05, 0.1) is 12.3 Å². The average Bonchev–Trinajstić information content (AvgIpc) is 3.08. The van der Waals surface area contributed by atoms with Crippen LogP contribution in [0.1, 0.15) is 9.67 Å². The van der Waals surface area contributed by atoms with E-state index in [9.17, 15) is 9.59 Å². The molecule has 0 fully saturated rings. The maximum Gasteiger partial charge on any atom is 0.328 e. The fourth-order valence-electron chi connectivity index (χ4n) is 1.74. The molecule has 7 heteroatoms. The largest absolute Gasteiger partial charge is 0.480 e. The summed E-state index contributed by atoms with van der Waals surface area (Å²) in [6.45, 7) is -0.0781. The highest BCUT2D eigenvalue weighted by molar-refractivity contribution is 7.12. The zero-order valence-corrected chi connectivity index (χ0v) is 11.6. The normalized spacial score (nSPS) is 12.1. The second kappa shape index (κ2) is 6.36. The Bertz CT molecular complexity index is 591. The van der Waals surface area contributed by atoms with E-state index in [1.165, 1.54) is 18.4 Å². The highest BCUT2D eigenvalue weighted by atomic mass is 32.1. The second-order valence-corrected chi connectivity index (χ2v) is 4.96. The first-order valence-corrected chi connectivity index (χ1v) is 6.75. The molecule has 0 saturated heterocycles. The number of nitrogens with one attached hydrogen (secondary N) is 1. The van der Waals surface area contributed by atoms with Crippen molar-refractivity contribution in [2.45, 2.75) is 6.04 Å². The minimum absolute atomic E-state index is 0.0781. The third-order valence-electron chi connectivity index (χ3n) is 2.67. The highest BCUT2D eigenvalue weighted by Crippen LogP contribution is 2.21. The first-order chi connectivity index (χ1) is 9.63. The monoisotopic (exact) mass is 294 g/mol. The molecule has 106 valence electrons. The van der Waals surface area contributed by atoms with Crippen LogP contribution in [0.4, 0.5) is 0 Å². The standard InChI is InChI=1S/C13H14N2O4S/c1-19-8-9(13(17)18)14-12(16)11-10(4-7-20-11)15-5-2-3-6-15/h2-7,9H,8H2,1H3,(H,14,16)(H,17,18). The van der Waals surface area contributed by atoms with Crippen molar-refractivity contribution in [3.63, 3.8) is 0 Å². The number of hydrogen-bond acceptors (Lipinski definition) is 4. The summed E-state index contributed by atoms with van der Waals surface area (Å²) in [5, 5.41) is 13.3. The van der Waals surface area contributed by atoms with Gasteiger partial charge >= 0.3 is 5.97 Å². The zero-order valence-electron chi connectivity index (χ0n) is 10.8. The molecular formula is C13H14N2O4S. The number of thiophene rings is 1. The van der Waals surface area contributed by atoms with Crippen LogP contribution >= 0.6 is 11.3 Å². The third kappa shape index (κ3) is 3.06. The predicted octanol–water partition coefficient (Wildman–Crippen LogP) is 1.37. The van der Waals surface area contributed by atoms with E-state index in [0.717, 1.165) is 5.69 Å². The number of carboxylic acid groups (broad SMARTS) is 1. The van der Waals surface area contributed by atoms with E-state index in [1.807, 2.05) is 30.6 Å². The van der Waals surface area contributed by atoms with Crippen LogP contribution in [-0.4, -0.2) is 41.3 Å². The van der Waals surface area contributed by atoms with E-state index in [2.05, 4.69) is 5.32 Å². The van der Waals surface area contributed by atoms with Crippen LogP contribution in [0.5, 0.6) is 0 Å². The number of carboxylic acids is 1. The van der Waals surface area contributed by atoms with Gasteiger partial charge in [-0.1, -0.05) is 0 Å². The fourth-order valence-corrected chi connectivity index (χ4v) is 2.53. The number of ether oxygens (including phenoxy) is 1. The van der Waals surface area contributed by atoms with Crippen molar-refractivity contribution < 1.29 is 19.4 Å². The molecule has 6 nitrogen and oxygen atoms in total. The van der Waals surface area contributed by atoms with Crippen LogP contribution in [0.15, 0.2) is 36.0 Å². The van der Waals surface area contributed by atoms with Crippen molar-refractivity contribution in [2.75, 3.05) is 13.7 Å². The van der Waals surface area contributed by atoms with Crippen molar-refractivity contribution in [1.29, 1.82) is 0 Å². The van der Waals surface area contributed by atoms with E-state index in [1.54, 1.807) is 9.95 Å². The van der Waals surface area contributed by atoms with Crippen LogP contribution in [0.2, 0.25) is 0 Å². The first-order valence-electron chi connectivity index (χ1n) is 5.87. The summed E-state index contributed by atoms with van der Waals surface area (Å²) in [4.78, 5) is 23.7. The topological polar surface area (TPSA) is 80.6 Å². The Morgan fingerprint density at radius 3 is 2.75 bits per heavy atom. The summed E-state index contributed by atoms with van der Waals surface area (Å²) in [6.07, 6.45) is 3.64. The molecule has 2 aromatic rings. The number of carbonyl (C=O) groups is 2. The van der Waals surface area contributed by atoms with Gasteiger partial charge in [0.25, 0.3) is 5.91 Å². The molecular weight excluding hydrogens is 280 g/mol. The Labute approximate surface area is 119 Å². The van der Waals surface area contributed by atoms with Gasteiger partial charge in [0.1, 0.15) is 4.88 Å². The first kappa shape index (κ1) is 14.3. The molecule has 0 saturated carbocycles. The summed E-state index contributed by atoms with van der Waals surface area (Å²) in [5.74, 6) is -1.55. The lowest BCUT2D eigenvalue weighted by Crippen LogP contribution is -2.43. The molecule has 0 spiro atoms. The molecule has 2 rings (SSSR count). The van der Waals surface area contributed by atoms with E-state index in [4.69, 9.17) is 9.84 Å². The van der Waals surface area contributed by atoms with Crippen LogP contribution in [-0.2, 0) is 9.53 Å². The molecule has 0 bridgehead atoms. The molecule has 0 aromatic carbocycles. The zero-order chi connectivity index (χ0) is 14.5. The SMILES string of the molecule is COCC(NC(=O)c1sccc1-n1cccc1)C(=O)O. The van der Waals surface area contributed by atoms with Gasteiger partial charge in [-0.05, 0) is 23.6 Å². The molecule has 0 radical (unpaired) electrons. The molecule has 0 aliphatic carbocycles. The Morgan fingerprint density at radius 1 is 1.45 bits per heavy atom. The van der Waals surface area contributed by atoms with Gasteiger partial charge in [-0.3, -0.25) is 4.79 Å². The van der Waals surface area contributed by atoms with E-state index in [0.29, 0.717) is 4.88 Å². The van der Waals surface area contributed by atoms with E-state index >= 15 is 0 Å². The van der Waals surface area contributed by atoms with Crippen molar-refractivity contribution >= 4 is 23.2 Å². The van der Waals surface area contributed by atoms with Crippen molar-refractivity contribution in [2.24, 2.45) is 0 Å². The van der Waals surface area contributed by atoms with Gasteiger partial charge in [-0.2, -0.15) is 0 Å². The minimum atomic E-state index is -1.13. The van der Waals surface area contributed by atoms with Gasteiger partial charge in [0, 0.05) is 19.5 Å². The van der Waals surface area contributed by atoms with Crippen molar-refractivity contribution in [1.82, 2.24) is 9.88 Å². The average molecular weight is 294 g/mol. The van der Waals surface area contributed by atoms with Gasteiger partial charge in [0.15, 0.2) is 6.04 Å². The number of aromatic nitrogens is 1. The van der Waals surface area contributed by atoms with Crippen LogP contribution in [0, 0.1) is 0 Å².